The first-order valence-electron chi connectivity index (χ1n) is 9.38. The van der Waals surface area contributed by atoms with E-state index < -0.39 is 35.2 Å². The number of carbonyl (C=O) groups excluding carboxylic acids is 2. The predicted molar refractivity (Wildman–Crippen MR) is 105 cm³/mol. The van der Waals surface area contributed by atoms with E-state index >= 15 is 0 Å². The highest BCUT2D eigenvalue weighted by Crippen LogP contribution is 2.38. The zero-order valence-corrected chi connectivity index (χ0v) is 17.8. The summed E-state index contributed by atoms with van der Waals surface area (Å²) >= 11 is 0. The average Bonchev–Trinajstić information content (AvgIpc) is 2.89. The number of carbonyl (C=O) groups is 2. The van der Waals surface area contributed by atoms with Gasteiger partial charge in [0.2, 0.25) is 11.9 Å². The van der Waals surface area contributed by atoms with Gasteiger partial charge in [0.25, 0.3) is 5.91 Å². The number of hydrogen-bond donors (Lipinski definition) is 0. The molecule has 2 amide bonds. The molecule has 2 aromatic rings. The van der Waals surface area contributed by atoms with Crippen molar-refractivity contribution in [2.75, 3.05) is 4.90 Å². The summed E-state index contributed by atoms with van der Waals surface area (Å²) in [6, 6.07) is 6.46. The molecule has 2 rings (SSSR count). The first-order chi connectivity index (χ1) is 13.6. The van der Waals surface area contributed by atoms with Gasteiger partial charge in [-0.05, 0) is 29.4 Å². The lowest BCUT2D eigenvalue weighted by molar-refractivity contribution is -0.141. The number of para-hydroxylation sites is 1. The molecule has 1 unspecified atom stereocenters. The van der Waals surface area contributed by atoms with Crippen LogP contribution in [0.2, 0.25) is 0 Å². The fraction of sp³-hybridized carbons (Fsp3) is 0.476. The Morgan fingerprint density at radius 1 is 1.17 bits per heavy atom. The zero-order chi connectivity index (χ0) is 23.0. The van der Waals surface area contributed by atoms with Gasteiger partial charge >= 0.3 is 6.18 Å². The molecule has 1 aromatic carbocycles. The van der Waals surface area contributed by atoms with Gasteiger partial charge in [-0.15, -0.1) is 0 Å². The van der Waals surface area contributed by atoms with Crippen LogP contribution >= 0.6 is 0 Å². The van der Waals surface area contributed by atoms with E-state index in [1.54, 1.807) is 18.2 Å². The van der Waals surface area contributed by atoms with Crippen molar-refractivity contribution in [2.45, 2.75) is 53.1 Å². The van der Waals surface area contributed by atoms with Crippen molar-refractivity contribution >= 4 is 17.5 Å². The summed E-state index contributed by atoms with van der Waals surface area (Å²) in [5.41, 5.74) is -2.29. The van der Waals surface area contributed by atoms with Crippen LogP contribution in [0.4, 0.5) is 23.2 Å². The molecule has 1 heterocycles. The van der Waals surface area contributed by atoms with Gasteiger partial charge < -0.3 is 0 Å². The Kier molecular flexibility index (Phi) is 6.44. The topological polar surface area (TPSA) is 55.2 Å². The molecule has 164 valence electrons. The number of halogens is 4. The Hall–Kier alpha value is -2.71. The summed E-state index contributed by atoms with van der Waals surface area (Å²) in [4.78, 5) is 26.0. The van der Waals surface area contributed by atoms with Crippen molar-refractivity contribution in [3.05, 3.63) is 47.0 Å². The van der Waals surface area contributed by atoms with Crippen molar-refractivity contribution in [3.63, 3.8) is 0 Å². The molecule has 1 atom stereocenters. The molecule has 0 saturated carbocycles. The normalized spacial score (nSPS) is 13.3. The maximum absolute atomic E-state index is 14.5. The molecule has 0 saturated heterocycles. The lowest BCUT2D eigenvalue weighted by Crippen LogP contribution is -2.37. The molecular formula is C21H25F4N3O2. The number of rotatable bonds is 4. The first kappa shape index (κ1) is 23.6. The number of anilines is 1. The third kappa shape index (κ3) is 4.88. The lowest BCUT2D eigenvalue weighted by Gasteiger charge is -2.28. The zero-order valence-electron chi connectivity index (χ0n) is 17.8. The van der Waals surface area contributed by atoms with Crippen LogP contribution in [0, 0.1) is 11.4 Å². The molecule has 0 aliphatic heterocycles. The second-order valence-corrected chi connectivity index (χ2v) is 8.52. The lowest BCUT2D eigenvalue weighted by atomic mass is 9.82. The van der Waals surface area contributed by atoms with Crippen LogP contribution < -0.4 is 4.90 Å². The molecule has 1 aromatic heterocycles. The molecule has 0 spiro atoms. The summed E-state index contributed by atoms with van der Waals surface area (Å²) in [6.07, 6.45) is -4.37. The summed E-state index contributed by atoms with van der Waals surface area (Å²) in [5.74, 6) is -3.81. The van der Waals surface area contributed by atoms with Crippen molar-refractivity contribution < 1.29 is 27.2 Å². The molecule has 5 nitrogen and oxygen atoms in total. The van der Waals surface area contributed by atoms with Crippen molar-refractivity contribution in [1.82, 2.24) is 9.78 Å². The number of benzene rings is 1. The van der Waals surface area contributed by atoms with Gasteiger partial charge in [0, 0.05) is 14.0 Å². The monoisotopic (exact) mass is 427 g/mol. The minimum Gasteiger partial charge on any atom is -0.274 e. The molecule has 0 aliphatic rings. The van der Waals surface area contributed by atoms with E-state index in [4.69, 9.17) is 0 Å². The summed E-state index contributed by atoms with van der Waals surface area (Å²) in [5, 5.41) is 3.10. The summed E-state index contributed by atoms with van der Waals surface area (Å²) in [6.45, 7) is 9.03. The van der Waals surface area contributed by atoms with E-state index in [0.717, 1.165) is 14.0 Å². The number of alkyl halides is 3. The average molecular weight is 427 g/mol. The minimum absolute atomic E-state index is 0.0729. The molecule has 0 N–H and O–H groups in total. The largest absolute Gasteiger partial charge is 0.436 e. The molecule has 0 fully saturated rings. The van der Waals surface area contributed by atoms with Gasteiger partial charge in [0.15, 0.2) is 5.69 Å². The summed E-state index contributed by atoms with van der Waals surface area (Å²) in [7, 11) is 0.957. The van der Waals surface area contributed by atoms with Gasteiger partial charge in [-0.2, -0.15) is 22.7 Å². The van der Waals surface area contributed by atoms with Crippen molar-refractivity contribution in [3.8, 4) is 0 Å². The Balaban J connectivity index is 2.64. The van der Waals surface area contributed by atoms with Crippen LogP contribution in [0.15, 0.2) is 24.3 Å². The highest BCUT2D eigenvalue weighted by molar-refractivity contribution is 6.21. The first-order valence-corrected chi connectivity index (χ1v) is 9.38. The fourth-order valence-corrected chi connectivity index (χ4v) is 3.56. The Labute approximate surface area is 172 Å². The van der Waals surface area contributed by atoms with Crippen LogP contribution in [-0.2, 0) is 18.0 Å². The smallest absolute Gasteiger partial charge is 0.274 e. The van der Waals surface area contributed by atoms with Gasteiger partial charge in [-0.1, -0.05) is 45.9 Å². The number of imide groups is 1. The Morgan fingerprint density at radius 2 is 1.73 bits per heavy atom. The number of amides is 2. The van der Waals surface area contributed by atoms with Gasteiger partial charge in [-0.3, -0.25) is 9.59 Å². The van der Waals surface area contributed by atoms with Gasteiger partial charge in [-0.25, -0.2) is 9.58 Å². The molecule has 0 aliphatic carbocycles. The molecule has 9 heteroatoms. The third-order valence-electron chi connectivity index (χ3n) is 4.60. The molecule has 0 bridgehead atoms. The fourth-order valence-electron chi connectivity index (χ4n) is 3.56. The molecule has 0 radical (unpaired) electrons. The summed E-state index contributed by atoms with van der Waals surface area (Å²) < 4.78 is 54.9. The maximum atomic E-state index is 14.5. The van der Waals surface area contributed by atoms with E-state index in [2.05, 4.69) is 5.10 Å². The third-order valence-corrected chi connectivity index (χ3v) is 4.60. The number of aryl methyl sites for hydroxylation is 1. The standard InChI is InChI=1S/C21H25F4N3O2/c1-12(11-20(3,4)5)14-9-7-8-10-15(14)28(13(2)29)19(30)16-17(21(23,24)25)26-27(6)18(16)22/h7-10,12H,11H2,1-6H3. The van der Waals surface area contributed by atoms with E-state index in [1.165, 1.54) is 6.07 Å². The van der Waals surface area contributed by atoms with E-state index in [-0.39, 0.29) is 17.0 Å². The minimum atomic E-state index is -5.06. The second-order valence-electron chi connectivity index (χ2n) is 8.52. The second kappa shape index (κ2) is 8.20. The van der Waals surface area contributed by atoms with Gasteiger partial charge in [0.05, 0.1) is 5.69 Å². The van der Waals surface area contributed by atoms with Crippen LogP contribution in [0.5, 0.6) is 0 Å². The quantitative estimate of drug-likeness (QED) is 0.622. The van der Waals surface area contributed by atoms with Gasteiger partial charge in [0.1, 0.15) is 5.56 Å². The Bertz CT molecular complexity index is 958. The van der Waals surface area contributed by atoms with Crippen LogP contribution in [0.25, 0.3) is 0 Å². The highest BCUT2D eigenvalue weighted by atomic mass is 19.4. The van der Waals surface area contributed by atoms with Crippen LogP contribution in [0.3, 0.4) is 0 Å². The predicted octanol–water partition coefficient (Wildman–Crippen LogP) is 5.31. The van der Waals surface area contributed by atoms with Crippen molar-refractivity contribution in [1.29, 1.82) is 0 Å². The van der Waals surface area contributed by atoms with Crippen LogP contribution in [-0.4, -0.2) is 21.6 Å². The van der Waals surface area contributed by atoms with Crippen LogP contribution in [0.1, 0.15) is 68.6 Å². The van der Waals surface area contributed by atoms with E-state index in [1.807, 2.05) is 27.7 Å². The number of aromatic nitrogens is 2. The van der Waals surface area contributed by atoms with E-state index in [0.29, 0.717) is 21.6 Å². The van der Waals surface area contributed by atoms with Crippen molar-refractivity contribution in [2.24, 2.45) is 12.5 Å². The number of nitrogens with zero attached hydrogens (tertiary/aromatic N) is 3. The maximum Gasteiger partial charge on any atom is 0.436 e. The highest BCUT2D eigenvalue weighted by Gasteiger charge is 2.43. The number of hydrogen-bond acceptors (Lipinski definition) is 3. The Morgan fingerprint density at radius 3 is 2.23 bits per heavy atom. The van der Waals surface area contributed by atoms with E-state index in [9.17, 15) is 27.2 Å². The molecule has 30 heavy (non-hydrogen) atoms. The molecular weight excluding hydrogens is 402 g/mol. The SMILES string of the molecule is CC(=O)N(C(=O)c1c(C(F)(F)F)nn(C)c1F)c1ccccc1C(C)CC(C)(C)C.